The van der Waals surface area contributed by atoms with Crippen LogP contribution in [-0.4, -0.2) is 42.3 Å². The fourth-order valence-corrected chi connectivity index (χ4v) is 3.52. The van der Waals surface area contributed by atoms with Gasteiger partial charge in [-0.3, -0.25) is 4.79 Å². The largest absolute Gasteiger partial charge is 0.493 e. The van der Waals surface area contributed by atoms with Gasteiger partial charge in [-0.2, -0.15) is 0 Å². The van der Waals surface area contributed by atoms with Crippen LogP contribution in [0.4, 0.5) is 5.69 Å². The van der Waals surface area contributed by atoms with E-state index in [0.29, 0.717) is 21.5 Å². The van der Waals surface area contributed by atoms with Crippen LogP contribution in [0.25, 0.3) is 0 Å². The van der Waals surface area contributed by atoms with Gasteiger partial charge in [-0.15, -0.1) is 0 Å². The highest BCUT2D eigenvalue weighted by atomic mass is 35.6. The normalized spacial score (nSPS) is 11.9. The van der Waals surface area contributed by atoms with E-state index in [2.05, 4.69) is 16.0 Å². The summed E-state index contributed by atoms with van der Waals surface area (Å²) >= 11 is 35.4. The fraction of sp³-hybridized carbons (Fsp3) is 0.263. The van der Waals surface area contributed by atoms with Crippen LogP contribution in [0.5, 0.6) is 17.2 Å². The zero-order valence-electron chi connectivity index (χ0n) is 16.9. The van der Waals surface area contributed by atoms with Crippen molar-refractivity contribution in [3.63, 3.8) is 0 Å². The molecule has 0 saturated heterocycles. The highest BCUT2D eigenvalue weighted by molar-refractivity contribution is 7.80. The summed E-state index contributed by atoms with van der Waals surface area (Å²) in [6, 6.07) is 7.69. The third-order valence-electron chi connectivity index (χ3n) is 3.98. The number of hydrogen-bond acceptors (Lipinski definition) is 5. The van der Waals surface area contributed by atoms with Crippen LogP contribution in [0.2, 0.25) is 10.0 Å². The first-order valence-corrected chi connectivity index (χ1v) is 11.0. The van der Waals surface area contributed by atoms with Gasteiger partial charge < -0.3 is 30.2 Å². The van der Waals surface area contributed by atoms with Gasteiger partial charge in [0.05, 0.1) is 32.0 Å². The lowest BCUT2D eigenvalue weighted by Crippen LogP contribution is -2.56. The number of ether oxygens (including phenoxy) is 3. The number of amides is 1. The average Bonchev–Trinajstić information content (AvgIpc) is 2.73. The maximum absolute atomic E-state index is 12.9. The first-order valence-electron chi connectivity index (χ1n) is 8.70. The van der Waals surface area contributed by atoms with E-state index in [1.807, 2.05) is 0 Å². The molecule has 2 rings (SSSR count). The molecule has 2 aromatic rings. The first kappa shape index (κ1) is 26.7. The number of benzene rings is 2. The zero-order valence-corrected chi connectivity index (χ0v) is 21.5. The number of alkyl halides is 3. The molecule has 0 aromatic heterocycles. The molecule has 7 nitrogen and oxygen atoms in total. The number of thiocarbonyl (C=S) groups is 1. The lowest BCUT2D eigenvalue weighted by Gasteiger charge is -2.28. The summed E-state index contributed by atoms with van der Waals surface area (Å²) in [5, 5.41) is 8.99. The Labute approximate surface area is 215 Å². The Morgan fingerprint density at radius 1 is 0.969 bits per heavy atom. The van der Waals surface area contributed by atoms with E-state index in [0.717, 1.165) is 0 Å². The number of carbonyl (C=O) groups is 1. The van der Waals surface area contributed by atoms with Gasteiger partial charge in [0.15, 0.2) is 16.6 Å². The summed E-state index contributed by atoms with van der Waals surface area (Å²) in [6.45, 7) is 0. The van der Waals surface area contributed by atoms with Crippen LogP contribution in [-0.2, 0) is 0 Å². The number of carbonyl (C=O) groups excluding carboxylic acids is 1. The summed E-state index contributed by atoms with van der Waals surface area (Å²) < 4.78 is 13.8. The van der Waals surface area contributed by atoms with E-state index in [9.17, 15) is 4.79 Å². The van der Waals surface area contributed by atoms with Crippen molar-refractivity contribution in [1.82, 2.24) is 10.6 Å². The van der Waals surface area contributed by atoms with Crippen molar-refractivity contribution in [3.8, 4) is 17.2 Å². The van der Waals surface area contributed by atoms with Crippen molar-refractivity contribution >= 4 is 86.9 Å². The Morgan fingerprint density at radius 2 is 1.56 bits per heavy atom. The summed E-state index contributed by atoms with van der Waals surface area (Å²) in [7, 11) is 4.30. The molecule has 3 N–H and O–H groups in total. The van der Waals surface area contributed by atoms with Gasteiger partial charge in [-0.1, -0.05) is 58.0 Å². The summed E-state index contributed by atoms with van der Waals surface area (Å²) in [5.41, 5.74) is 0.632. The van der Waals surface area contributed by atoms with Crippen LogP contribution in [0.1, 0.15) is 10.4 Å². The van der Waals surface area contributed by atoms with Crippen LogP contribution >= 0.6 is 70.2 Å². The molecular weight excluding hydrogens is 544 g/mol. The third kappa shape index (κ3) is 6.97. The van der Waals surface area contributed by atoms with Gasteiger partial charge in [-0.05, 0) is 42.5 Å². The molecule has 0 aliphatic carbocycles. The standard InChI is InChI=1S/C19H18Cl5N3O4S/c1-29-13-6-9(7-14(30-2)15(13)31-3)16(28)26-17(19(22,23)24)27-18(32)25-12-5-4-10(20)8-11(12)21/h4-8,17H,1-3H3,(H,26,28)(H2,25,27,32). The van der Waals surface area contributed by atoms with Crippen molar-refractivity contribution in [1.29, 1.82) is 0 Å². The number of anilines is 1. The molecule has 32 heavy (non-hydrogen) atoms. The molecule has 1 unspecified atom stereocenters. The molecule has 2 aromatic carbocycles. The third-order valence-corrected chi connectivity index (χ3v) is 5.41. The van der Waals surface area contributed by atoms with Crippen LogP contribution in [0.15, 0.2) is 30.3 Å². The molecule has 0 spiro atoms. The first-order chi connectivity index (χ1) is 15.0. The minimum atomic E-state index is -1.97. The van der Waals surface area contributed by atoms with Crippen LogP contribution in [0, 0.1) is 0 Å². The Bertz CT molecular complexity index is 978. The quantitative estimate of drug-likeness (QED) is 0.236. The molecule has 174 valence electrons. The maximum atomic E-state index is 12.9. The predicted octanol–water partition coefficient (Wildman–Crippen LogP) is 5.43. The Kier molecular flexibility index (Phi) is 9.63. The molecule has 0 aliphatic rings. The van der Waals surface area contributed by atoms with Crippen LogP contribution in [0.3, 0.4) is 0 Å². The maximum Gasteiger partial charge on any atom is 0.253 e. The molecule has 0 saturated carbocycles. The average molecular weight is 562 g/mol. The number of nitrogens with one attached hydrogen (secondary N) is 3. The Morgan fingerprint density at radius 3 is 2.03 bits per heavy atom. The predicted molar refractivity (Wildman–Crippen MR) is 133 cm³/mol. The van der Waals surface area contributed by atoms with Gasteiger partial charge in [0.25, 0.3) is 5.91 Å². The Hall–Kier alpha value is -1.55. The minimum Gasteiger partial charge on any atom is -0.493 e. The van der Waals surface area contributed by atoms with Crippen molar-refractivity contribution in [3.05, 3.63) is 45.9 Å². The number of hydrogen-bond donors (Lipinski definition) is 3. The van der Waals surface area contributed by atoms with E-state index in [1.165, 1.54) is 39.5 Å². The molecule has 0 bridgehead atoms. The minimum absolute atomic E-state index is 0.0377. The van der Waals surface area contributed by atoms with E-state index in [1.54, 1.807) is 12.1 Å². The smallest absolute Gasteiger partial charge is 0.253 e. The number of rotatable bonds is 7. The second kappa shape index (κ2) is 11.5. The number of halogens is 5. The van der Waals surface area contributed by atoms with Gasteiger partial charge in [0.2, 0.25) is 9.54 Å². The van der Waals surface area contributed by atoms with Gasteiger partial charge in [0, 0.05) is 10.6 Å². The molecule has 0 radical (unpaired) electrons. The van der Waals surface area contributed by atoms with E-state index >= 15 is 0 Å². The van der Waals surface area contributed by atoms with E-state index in [-0.39, 0.29) is 22.2 Å². The summed E-state index contributed by atoms with van der Waals surface area (Å²) in [6.07, 6.45) is -1.22. The monoisotopic (exact) mass is 559 g/mol. The van der Waals surface area contributed by atoms with Gasteiger partial charge >= 0.3 is 0 Å². The second-order valence-electron chi connectivity index (χ2n) is 6.08. The lowest BCUT2D eigenvalue weighted by atomic mass is 10.1. The topological polar surface area (TPSA) is 80.9 Å². The second-order valence-corrected chi connectivity index (χ2v) is 9.71. The van der Waals surface area contributed by atoms with Crippen LogP contribution < -0.4 is 30.2 Å². The molecule has 1 atom stereocenters. The van der Waals surface area contributed by atoms with Crippen molar-refractivity contribution in [2.75, 3.05) is 26.6 Å². The lowest BCUT2D eigenvalue weighted by molar-refractivity contribution is 0.0933. The van der Waals surface area contributed by atoms with E-state index < -0.39 is 15.9 Å². The molecular formula is C19H18Cl5N3O4S. The van der Waals surface area contributed by atoms with Crippen molar-refractivity contribution < 1.29 is 19.0 Å². The molecule has 1 amide bonds. The number of methoxy groups -OCH3 is 3. The summed E-state index contributed by atoms with van der Waals surface area (Å²) in [4.78, 5) is 12.9. The molecule has 0 heterocycles. The fourth-order valence-electron chi connectivity index (χ4n) is 2.51. The highest BCUT2D eigenvalue weighted by Crippen LogP contribution is 2.38. The SMILES string of the molecule is COc1cc(C(=O)NC(NC(=S)Nc2ccc(Cl)cc2Cl)C(Cl)(Cl)Cl)cc(OC)c1OC. The van der Waals surface area contributed by atoms with Gasteiger partial charge in [-0.25, -0.2) is 0 Å². The zero-order chi connectivity index (χ0) is 24.1. The van der Waals surface area contributed by atoms with Crippen molar-refractivity contribution in [2.24, 2.45) is 0 Å². The summed E-state index contributed by atoms with van der Waals surface area (Å²) in [5.74, 6) is 0.295. The Balaban J connectivity index is 2.22. The molecule has 0 aliphatic heterocycles. The van der Waals surface area contributed by atoms with E-state index in [4.69, 9.17) is 84.4 Å². The highest BCUT2D eigenvalue weighted by Gasteiger charge is 2.35. The van der Waals surface area contributed by atoms with Gasteiger partial charge in [0.1, 0.15) is 6.17 Å². The van der Waals surface area contributed by atoms with Crippen molar-refractivity contribution in [2.45, 2.75) is 9.96 Å². The molecule has 0 fully saturated rings. The molecule has 13 heteroatoms.